The molecule has 3 rings (SSSR count). The van der Waals surface area contributed by atoms with Crippen molar-refractivity contribution in [2.45, 2.75) is 20.3 Å². The number of aryl methyl sites for hydroxylation is 1. The first-order valence-corrected chi connectivity index (χ1v) is 9.40. The molecule has 1 aliphatic heterocycles. The lowest BCUT2D eigenvalue weighted by atomic mass is 10.2. The number of ether oxygens (including phenoxy) is 1. The summed E-state index contributed by atoms with van der Waals surface area (Å²) in [7, 11) is 0. The van der Waals surface area contributed by atoms with Crippen molar-refractivity contribution in [1.82, 2.24) is 10.2 Å². The van der Waals surface area contributed by atoms with Gasteiger partial charge in [0.1, 0.15) is 11.4 Å². The van der Waals surface area contributed by atoms with E-state index in [1.165, 1.54) is 4.90 Å². The lowest BCUT2D eigenvalue weighted by Crippen LogP contribution is -2.31. The Morgan fingerprint density at radius 3 is 2.45 bits per heavy atom. The number of nitrogens with zero attached hydrogens (tertiary/aromatic N) is 1. The van der Waals surface area contributed by atoms with E-state index in [1.54, 1.807) is 30.3 Å². The predicted molar refractivity (Wildman–Crippen MR) is 110 cm³/mol. The summed E-state index contributed by atoms with van der Waals surface area (Å²) in [6.07, 6.45) is 2.32. The standard InChI is InChI=1S/C22H23N3O4/c1-3-12-25-21(27)19(24-22(25)28)13-16-6-10-18(11-7-16)29-14-20(26)23-17-8-4-15(2)5-9-17/h4-11,13H,3,12,14H2,1-2H3,(H,23,26)(H,24,28)/b19-13+. The summed E-state index contributed by atoms with van der Waals surface area (Å²) in [5, 5.41) is 5.35. The monoisotopic (exact) mass is 393 g/mol. The molecule has 2 aromatic carbocycles. The maximum atomic E-state index is 12.2. The fourth-order valence-electron chi connectivity index (χ4n) is 2.81. The smallest absolute Gasteiger partial charge is 0.329 e. The van der Waals surface area contributed by atoms with Crippen LogP contribution < -0.4 is 15.4 Å². The van der Waals surface area contributed by atoms with E-state index in [0.717, 1.165) is 11.1 Å². The molecule has 0 aromatic heterocycles. The molecule has 0 bridgehead atoms. The minimum atomic E-state index is -0.400. The van der Waals surface area contributed by atoms with Crippen molar-refractivity contribution in [2.24, 2.45) is 0 Å². The van der Waals surface area contributed by atoms with Crippen LogP contribution in [0.1, 0.15) is 24.5 Å². The summed E-state index contributed by atoms with van der Waals surface area (Å²) in [5.74, 6) is -0.0547. The van der Waals surface area contributed by atoms with Gasteiger partial charge in [0.15, 0.2) is 6.61 Å². The Morgan fingerprint density at radius 2 is 1.79 bits per heavy atom. The van der Waals surface area contributed by atoms with E-state index in [2.05, 4.69) is 10.6 Å². The Hall–Kier alpha value is -3.61. The summed E-state index contributed by atoms with van der Waals surface area (Å²) in [4.78, 5) is 37.2. The predicted octanol–water partition coefficient (Wildman–Crippen LogP) is 3.32. The summed E-state index contributed by atoms with van der Waals surface area (Å²) >= 11 is 0. The number of anilines is 1. The molecule has 0 aliphatic carbocycles. The Bertz CT molecular complexity index is 934. The number of hydrogen-bond acceptors (Lipinski definition) is 4. The zero-order valence-electron chi connectivity index (χ0n) is 16.4. The molecule has 0 radical (unpaired) electrons. The van der Waals surface area contributed by atoms with Crippen LogP contribution in [-0.2, 0) is 9.59 Å². The van der Waals surface area contributed by atoms with Crippen LogP contribution >= 0.6 is 0 Å². The molecule has 1 aliphatic rings. The molecule has 7 heteroatoms. The van der Waals surface area contributed by atoms with Crippen molar-refractivity contribution in [3.63, 3.8) is 0 Å². The highest BCUT2D eigenvalue weighted by atomic mass is 16.5. The SMILES string of the molecule is CCCN1C(=O)N/C(=C/c2ccc(OCC(=O)Nc3ccc(C)cc3)cc2)C1=O. The van der Waals surface area contributed by atoms with Gasteiger partial charge in [0.25, 0.3) is 11.8 Å². The van der Waals surface area contributed by atoms with Crippen molar-refractivity contribution < 1.29 is 19.1 Å². The van der Waals surface area contributed by atoms with E-state index in [9.17, 15) is 14.4 Å². The second-order valence-electron chi connectivity index (χ2n) is 6.72. The first-order valence-electron chi connectivity index (χ1n) is 9.40. The normalized spacial score (nSPS) is 14.8. The molecule has 1 heterocycles. The lowest BCUT2D eigenvalue weighted by Gasteiger charge is -2.09. The third-order valence-electron chi connectivity index (χ3n) is 4.31. The van der Waals surface area contributed by atoms with Gasteiger partial charge in [-0.05, 0) is 49.2 Å². The van der Waals surface area contributed by atoms with Gasteiger partial charge in [-0.1, -0.05) is 36.8 Å². The molecule has 4 amide bonds. The van der Waals surface area contributed by atoms with Crippen LogP contribution in [0.4, 0.5) is 10.5 Å². The van der Waals surface area contributed by atoms with Gasteiger partial charge >= 0.3 is 6.03 Å². The Morgan fingerprint density at radius 1 is 1.10 bits per heavy atom. The van der Waals surface area contributed by atoms with Gasteiger partial charge in [-0.15, -0.1) is 0 Å². The van der Waals surface area contributed by atoms with Crippen LogP contribution in [0.15, 0.2) is 54.2 Å². The highest BCUT2D eigenvalue weighted by Crippen LogP contribution is 2.17. The van der Waals surface area contributed by atoms with E-state index < -0.39 is 6.03 Å². The molecule has 1 saturated heterocycles. The summed E-state index contributed by atoms with van der Waals surface area (Å²) in [5.41, 5.74) is 2.82. The van der Waals surface area contributed by atoms with Crippen LogP contribution in [0, 0.1) is 6.92 Å². The average molecular weight is 393 g/mol. The summed E-state index contributed by atoms with van der Waals surface area (Å²) < 4.78 is 5.50. The van der Waals surface area contributed by atoms with Gasteiger partial charge in [0, 0.05) is 12.2 Å². The van der Waals surface area contributed by atoms with E-state index in [1.807, 2.05) is 38.1 Å². The maximum absolute atomic E-state index is 12.2. The Balaban J connectivity index is 1.55. The van der Waals surface area contributed by atoms with E-state index >= 15 is 0 Å². The zero-order valence-corrected chi connectivity index (χ0v) is 16.4. The van der Waals surface area contributed by atoms with Gasteiger partial charge in [-0.3, -0.25) is 14.5 Å². The largest absolute Gasteiger partial charge is 0.484 e. The van der Waals surface area contributed by atoms with Crippen LogP contribution in [0.5, 0.6) is 5.75 Å². The van der Waals surface area contributed by atoms with Gasteiger partial charge < -0.3 is 15.4 Å². The topological polar surface area (TPSA) is 87.7 Å². The van der Waals surface area contributed by atoms with Gasteiger partial charge in [-0.25, -0.2) is 4.79 Å². The molecule has 0 unspecified atom stereocenters. The highest BCUT2D eigenvalue weighted by Gasteiger charge is 2.32. The highest BCUT2D eigenvalue weighted by molar-refractivity contribution is 6.13. The quantitative estimate of drug-likeness (QED) is 0.558. The minimum Gasteiger partial charge on any atom is -0.484 e. The molecule has 2 N–H and O–H groups in total. The number of rotatable bonds is 7. The van der Waals surface area contributed by atoms with Crippen LogP contribution in [0.25, 0.3) is 6.08 Å². The first kappa shape index (κ1) is 20.1. The first-order chi connectivity index (χ1) is 14.0. The molecular formula is C22H23N3O4. The molecule has 150 valence electrons. The number of nitrogens with one attached hydrogen (secondary N) is 2. The van der Waals surface area contributed by atoms with E-state index in [-0.39, 0.29) is 24.1 Å². The zero-order chi connectivity index (χ0) is 20.8. The van der Waals surface area contributed by atoms with Gasteiger partial charge in [0.05, 0.1) is 0 Å². The van der Waals surface area contributed by atoms with Gasteiger partial charge in [0.2, 0.25) is 0 Å². The molecule has 7 nitrogen and oxygen atoms in total. The minimum absolute atomic E-state index is 0.116. The van der Waals surface area contributed by atoms with Crippen molar-refractivity contribution in [3.8, 4) is 5.75 Å². The molecule has 0 atom stereocenters. The third-order valence-corrected chi connectivity index (χ3v) is 4.31. The number of carbonyl (C=O) groups excluding carboxylic acids is 3. The van der Waals surface area contributed by atoms with Crippen molar-refractivity contribution in [3.05, 3.63) is 65.4 Å². The van der Waals surface area contributed by atoms with Crippen molar-refractivity contribution >= 4 is 29.6 Å². The molecule has 0 spiro atoms. The number of hydrogen-bond donors (Lipinski definition) is 2. The number of carbonyl (C=O) groups is 3. The fraction of sp³-hybridized carbons (Fsp3) is 0.227. The van der Waals surface area contributed by atoms with Crippen LogP contribution in [-0.4, -0.2) is 35.9 Å². The maximum Gasteiger partial charge on any atom is 0.329 e. The molecule has 0 saturated carbocycles. The number of amides is 4. The van der Waals surface area contributed by atoms with Crippen molar-refractivity contribution in [2.75, 3.05) is 18.5 Å². The number of benzene rings is 2. The van der Waals surface area contributed by atoms with Crippen LogP contribution in [0.2, 0.25) is 0 Å². The van der Waals surface area contributed by atoms with Crippen molar-refractivity contribution in [1.29, 1.82) is 0 Å². The Kier molecular flexibility index (Phi) is 6.29. The van der Waals surface area contributed by atoms with E-state index in [4.69, 9.17) is 4.74 Å². The Labute approximate surface area is 169 Å². The second-order valence-corrected chi connectivity index (χ2v) is 6.72. The average Bonchev–Trinajstić information content (AvgIpc) is 2.97. The number of urea groups is 1. The third kappa shape index (κ3) is 5.22. The summed E-state index contributed by atoms with van der Waals surface area (Å²) in [6, 6.07) is 14.0. The second kappa shape index (κ2) is 9.05. The van der Waals surface area contributed by atoms with Crippen LogP contribution in [0.3, 0.4) is 0 Å². The fourth-order valence-corrected chi connectivity index (χ4v) is 2.81. The number of imide groups is 1. The van der Waals surface area contributed by atoms with E-state index in [0.29, 0.717) is 24.4 Å². The lowest BCUT2D eigenvalue weighted by molar-refractivity contribution is -0.123. The van der Waals surface area contributed by atoms with Gasteiger partial charge in [-0.2, -0.15) is 0 Å². The molecule has 1 fully saturated rings. The summed E-state index contributed by atoms with van der Waals surface area (Å²) in [6.45, 7) is 4.16. The molecular weight excluding hydrogens is 370 g/mol. The molecule has 2 aromatic rings. The molecule has 29 heavy (non-hydrogen) atoms.